The van der Waals surface area contributed by atoms with Crippen LogP contribution in [0.25, 0.3) is 0 Å². The highest BCUT2D eigenvalue weighted by molar-refractivity contribution is 6.30. The molecule has 3 aliphatic rings. The smallest absolute Gasteiger partial charge is 0.253 e. The van der Waals surface area contributed by atoms with E-state index in [9.17, 15) is 9.59 Å². The molecule has 0 atom stereocenters. The maximum Gasteiger partial charge on any atom is 0.253 e. The molecule has 2 spiro atoms. The Labute approximate surface area is 191 Å². The highest BCUT2D eigenvalue weighted by Gasteiger charge is 2.59. The van der Waals surface area contributed by atoms with Crippen LogP contribution in [0.4, 0.5) is 0 Å². The van der Waals surface area contributed by atoms with E-state index in [-0.39, 0.29) is 16.9 Å². The number of halogens is 1. The summed E-state index contributed by atoms with van der Waals surface area (Å²) in [6.45, 7) is 12.0. The van der Waals surface area contributed by atoms with Crippen LogP contribution in [0.15, 0.2) is 24.3 Å². The predicted molar refractivity (Wildman–Crippen MR) is 124 cm³/mol. The molecule has 5 nitrogen and oxygen atoms in total. The second-order valence-corrected chi connectivity index (χ2v) is 10.7. The first-order valence-electron chi connectivity index (χ1n) is 11.9. The molecule has 1 aromatic rings. The third kappa shape index (κ3) is 4.23. The van der Waals surface area contributed by atoms with E-state index in [2.05, 4.69) is 30.6 Å². The van der Waals surface area contributed by atoms with Gasteiger partial charge in [0.05, 0.1) is 5.41 Å². The van der Waals surface area contributed by atoms with E-state index in [1.165, 1.54) is 0 Å². The van der Waals surface area contributed by atoms with Gasteiger partial charge in [-0.1, -0.05) is 31.5 Å². The fraction of sp³-hybridized carbons (Fsp3) is 0.680. The van der Waals surface area contributed by atoms with Crippen LogP contribution in [0, 0.1) is 11.3 Å². The zero-order chi connectivity index (χ0) is 22.2. The molecule has 2 amide bonds. The number of likely N-dealkylation sites (tertiary alicyclic amines) is 3. The molecule has 0 aromatic heterocycles. The zero-order valence-electron chi connectivity index (χ0n) is 19.2. The van der Waals surface area contributed by atoms with Gasteiger partial charge in [0.15, 0.2) is 0 Å². The Morgan fingerprint density at radius 2 is 1.77 bits per heavy atom. The van der Waals surface area contributed by atoms with Gasteiger partial charge >= 0.3 is 0 Å². The van der Waals surface area contributed by atoms with E-state index in [1.54, 1.807) is 12.1 Å². The highest BCUT2D eigenvalue weighted by Crippen LogP contribution is 2.52. The Morgan fingerprint density at radius 1 is 1.10 bits per heavy atom. The number of rotatable bonds is 4. The zero-order valence-corrected chi connectivity index (χ0v) is 20.0. The molecule has 3 heterocycles. The summed E-state index contributed by atoms with van der Waals surface area (Å²) in [5.74, 6) is 1.07. The molecule has 0 saturated carbocycles. The van der Waals surface area contributed by atoms with Crippen molar-refractivity contribution >= 4 is 23.4 Å². The lowest BCUT2D eigenvalue weighted by atomic mass is 9.71. The van der Waals surface area contributed by atoms with Crippen LogP contribution in [0.1, 0.15) is 63.2 Å². The van der Waals surface area contributed by atoms with Gasteiger partial charge < -0.3 is 14.7 Å². The summed E-state index contributed by atoms with van der Waals surface area (Å²) in [6.07, 6.45) is 4.65. The van der Waals surface area contributed by atoms with Crippen molar-refractivity contribution in [2.24, 2.45) is 11.3 Å². The van der Waals surface area contributed by atoms with Crippen LogP contribution in [0.5, 0.6) is 0 Å². The van der Waals surface area contributed by atoms with Crippen LogP contribution in [0.2, 0.25) is 5.02 Å². The van der Waals surface area contributed by atoms with Gasteiger partial charge in [0.1, 0.15) is 0 Å². The second kappa shape index (κ2) is 8.74. The first-order valence-corrected chi connectivity index (χ1v) is 12.3. The largest absolute Gasteiger partial charge is 0.338 e. The van der Waals surface area contributed by atoms with Crippen molar-refractivity contribution in [3.8, 4) is 0 Å². The fourth-order valence-electron chi connectivity index (χ4n) is 6.23. The molecule has 170 valence electrons. The van der Waals surface area contributed by atoms with Gasteiger partial charge in [-0.15, -0.1) is 0 Å². The number of amides is 2. The monoisotopic (exact) mass is 445 g/mol. The second-order valence-electron chi connectivity index (χ2n) is 10.2. The van der Waals surface area contributed by atoms with Crippen molar-refractivity contribution in [1.29, 1.82) is 0 Å². The molecule has 0 radical (unpaired) electrons. The molecule has 1 aromatic carbocycles. The third-order valence-corrected chi connectivity index (χ3v) is 7.98. The molecule has 0 aliphatic carbocycles. The van der Waals surface area contributed by atoms with Gasteiger partial charge in [0, 0.05) is 42.3 Å². The molecule has 3 saturated heterocycles. The Balaban J connectivity index is 1.45. The summed E-state index contributed by atoms with van der Waals surface area (Å²) in [5, 5.41) is 0.587. The van der Waals surface area contributed by atoms with E-state index < -0.39 is 0 Å². The standard InChI is InChI=1S/C25H36ClN3O2/c1-4-29-23(31)24(8-12-27(13-9-24)17-19(2)3)18-25(29)10-14-28(15-11-25)22(30)20-6-5-7-21(26)16-20/h5-7,16,19H,4,8-15,17-18H2,1-3H3. The van der Waals surface area contributed by atoms with E-state index in [1.807, 2.05) is 17.0 Å². The molecule has 3 fully saturated rings. The molecule has 0 N–H and O–H groups in total. The lowest BCUT2D eigenvalue weighted by molar-refractivity contribution is -0.140. The molecule has 4 rings (SSSR count). The first kappa shape index (κ1) is 22.6. The van der Waals surface area contributed by atoms with Crippen LogP contribution < -0.4 is 0 Å². The minimum absolute atomic E-state index is 0.0430. The Hall–Kier alpha value is -1.59. The topological polar surface area (TPSA) is 43.9 Å². The molecule has 31 heavy (non-hydrogen) atoms. The fourth-order valence-corrected chi connectivity index (χ4v) is 6.42. The van der Waals surface area contributed by atoms with Crippen LogP contribution in [-0.4, -0.2) is 71.3 Å². The Kier molecular flexibility index (Phi) is 6.37. The van der Waals surface area contributed by atoms with Crippen LogP contribution in [-0.2, 0) is 4.79 Å². The van der Waals surface area contributed by atoms with Crippen molar-refractivity contribution < 1.29 is 9.59 Å². The van der Waals surface area contributed by atoms with E-state index in [0.29, 0.717) is 35.5 Å². The summed E-state index contributed by atoms with van der Waals surface area (Å²) in [6, 6.07) is 7.19. The van der Waals surface area contributed by atoms with Crippen molar-refractivity contribution in [2.45, 2.75) is 58.4 Å². The molecule has 6 heteroatoms. The minimum atomic E-state index is -0.192. The lowest BCUT2D eigenvalue weighted by Crippen LogP contribution is -2.54. The maximum atomic E-state index is 13.6. The molecule has 0 bridgehead atoms. The number of piperidine rings is 2. The summed E-state index contributed by atoms with van der Waals surface area (Å²) in [5.41, 5.74) is 0.368. The average molecular weight is 446 g/mol. The Bertz CT molecular complexity index is 824. The van der Waals surface area contributed by atoms with Gasteiger partial charge in [0.25, 0.3) is 5.91 Å². The quantitative estimate of drug-likeness (QED) is 0.693. The number of carbonyl (C=O) groups is 2. The molecular weight excluding hydrogens is 410 g/mol. The maximum absolute atomic E-state index is 13.6. The summed E-state index contributed by atoms with van der Waals surface area (Å²) >= 11 is 6.08. The van der Waals surface area contributed by atoms with Crippen molar-refractivity contribution in [1.82, 2.24) is 14.7 Å². The summed E-state index contributed by atoms with van der Waals surface area (Å²) in [7, 11) is 0. The number of hydrogen-bond donors (Lipinski definition) is 0. The van der Waals surface area contributed by atoms with E-state index in [0.717, 1.165) is 58.3 Å². The Morgan fingerprint density at radius 3 is 2.35 bits per heavy atom. The lowest BCUT2D eigenvalue weighted by Gasteiger charge is -2.45. The predicted octanol–water partition coefficient (Wildman–Crippen LogP) is 4.31. The van der Waals surface area contributed by atoms with Gasteiger partial charge in [-0.25, -0.2) is 0 Å². The highest BCUT2D eigenvalue weighted by atomic mass is 35.5. The molecular formula is C25H36ClN3O2. The SMILES string of the molecule is CCN1C(=O)C2(CCN(CC(C)C)CC2)CC12CCN(C(=O)c1cccc(Cl)c1)CC2. The third-order valence-electron chi connectivity index (χ3n) is 7.74. The van der Waals surface area contributed by atoms with Crippen molar-refractivity contribution in [2.75, 3.05) is 39.3 Å². The number of nitrogens with zero attached hydrogens (tertiary/aromatic N) is 3. The summed E-state index contributed by atoms with van der Waals surface area (Å²) in [4.78, 5) is 33.2. The number of benzene rings is 1. The van der Waals surface area contributed by atoms with E-state index in [4.69, 9.17) is 11.6 Å². The van der Waals surface area contributed by atoms with Gasteiger partial charge in [-0.3, -0.25) is 9.59 Å². The van der Waals surface area contributed by atoms with Gasteiger partial charge in [-0.2, -0.15) is 0 Å². The van der Waals surface area contributed by atoms with Crippen LogP contribution >= 0.6 is 11.6 Å². The van der Waals surface area contributed by atoms with Gasteiger partial charge in [0.2, 0.25) is 5.91 Å². The van der Waals surface area contributed by atoms with Crippen molar-refractivity contribution in [3.05, 3.63) is 34.9 Å². The van der Waals surface area contributed by atoms with Crippen LogP contribution in [0.3, 0.4) is 0 Å². The van der Waals surface area contributed by atoms with E-state index >= 15 is 0 Å². The molecule has 3 aliphatic heterocycles. The van der Waals surface area contributed by atoms with Gasteiger partial charge in [-0.05, 0) is 76.2 Å². The molecule has 0 unspecified atom stereocenters. The normalized spacial score (nSPS) is 23.3. The van der Waals surface area contributed by atoms with Crippen molar-refractivity contribution in [3.63, 3.8) is 0 Å². The minimum Gasteiger partial charge on any atom is -0.338 e. The number of carbonyl (C=O) groups excluding carboxylic acids is 2. The summed E-state index contributed by atoms with van der Waals surface area (Å²) < 4.78 is 0. The number of hydrogen-bond acceptors (Lipinski definition) is 3. The first-order chi connectivity index (χ1) is 14.8. The average Bonchev–Trinajstić information content (AvgIpc) is 2.96.